The van der Waals surface area contributed by atoms with Crippen LogP contribution in [-0.2, 0) is 11.3 Å². The maximum Gasteiger partial charge on any atom is 0.191 e. The van der Waals surface area contributed by atoms with Gasteiger partial charge in [0, 0.05) is 45.8 Å². The quantitative estimate of drug-likeness (QED) is 0.314. The molecule has 0 bridgehead atoms. The van der Waals surface area contributed by atoms with Crippen LogP contribution in [0.25, 0.3) is 0 Å². The zero-order chi connectivity index (χ0) is 19.9. The van der Waals surface area contributed by atoms with E-state index in [4.69, 9.17) is 9.47 Å². The SMILES string of the molecule is CCN(CC)CCCNC(=NC)NCc1ccc(C)cc1OCCCOC. The predicted molar refractivity (Wildman–Crippen MR) is 114 cm³/mol. The number of nitrogens with zero attached hydrogens (tertiary/aromatic N) is 2. The van der Waals surface area contributed by atoms with Crippen molar-refractivity contribution in [3.05, 3.63) is 29.3 Å². The molecule has 1 aromatic rings. The zero-order valence-corrected chi connectivity index (χ0v) is 17.8. The summed E-state index contributed by atoms with van der Waals surface area (Å²) in [5, 5.41) is 6.77. The Morgan fingerprint density at radius 3 is 2.56 bits per heavy atom. The molecule has 0 amide bonds. The average Bonchev–Trinajstić information content (AvgIpc) is 2.68. The highest BCUT2D eigenvalue weighted by Gasteiger charge is 2.06. The summed E-state index contributed by atoms with van der Waals surface area (Å²) in [5.74, 6) is 1.75. The Morgan fingerprint density at radius 1 is 1.11 bits per heavy atom. The predicted octanol–water partition coefficient (Wildman–Crippen LogP) is 2.81. The first-order valence-corrected chi connectivity index (χ1v) is 10.0. The third kappa shape index (κ3) is 9.63. The van der Waals surface area contributed by atoms with Crippen LogP contribution in [-0.4, -0.2) is 64.4 Å². The number of nitrogens with one attached hydrogen (secondary N) is 2. The topological polar surface area (TPSA) is 58.1 Å². The molecule has 0 aliphatic rings. The van der Waals surface area contributed by atoms with Crippen molar-refractivity contribution in [3.8, 4) is 5.75 Å². The second-order valence-electron chi connectivity index (χ2n) is 6.54. The van der Waals surface area contributed by atoms with E-state index in [-0.39, 0.29) is 0 Å². The lowest BCUT2D eigenvalue weighted by molar-refractivity contribution is 0.172. The molecule has 0 spiro atoms. The van der Waals surface area contributed by atoms with E-state index in [1.165, 1.54) is 5.56 Å². The fourth-order valence-electron chi connectivity index (χ4n) is 2.78. The van der Waals surface area contributed by atoms with E-state index >= 15 is 0 Å². The van der Waals surface area contributed by atoms with E-state index in [2.05, 4.69) is 59.5 Å². The van der Waals surface area contributed by atoms with Crippen LogP contribution in [0.4, 0.5) is 0 Å². The molecule has 0 fully saturated rings. The van der Waals surface area contributed by atoms with Gasteiger partial charge >= 0.3 is 0 Å². The van der Waals surface area contributed by atoms with Crippen molar-refractivity contribution in [3.63, 3.8) is 0 Å². The molecule has 0 aromatic heterocycles. The fourth-order valence-corrected chi connectivity index (χ4v) is 2.78. The van der Waals surface area contributed by atoms with Gasteiger partial charge in [0.05, 0.1) is 6.61 Å². The first-order valence-electron chi connectivity index (χ1n) is 10.0. The van der Waals surface area contributed by atoms with Crippen LogP contribution in [0.3, 0.4) is 0 Å². The highest BCUT2D eigenvalue weighted by Crippen LogP contribution is 2.20. The fraction of sp³-hybridized carbons (Fsp3) is 0.667. The van der Waals surface area contributed by atoms with E-state index in [1.807, 2.05) is 0 Å². The molecule has 1 rings (SSSR count). The minimum Gasteiger partial charge on any atom is -0.493 e. The van der Waals surface area contributed by atoms with Gasteiger partial charge in [0.1, 0.15) is 5.75 Å². The van der Waals surface area contributed by atoms with Crippen LogP contribution < -0.4 is 15.4 Å². The molecule has 154 valence electrons. The molecular formula is C21H38N4O2. The molecule has 0 aliphatic heterocycles. The number of benzene rings is 1. The van der Waals surface area contributed by atoms with Gasteiger partial charge in [-0.25, -0.2) is 0 Å². The van der Waals surface area contributed by atoms with Crippen LogP contribution in [0.5, 0.6) is 5.75 Å². The van der Waals surface area contributed by atoms with E-state index in [0.29, 0.717) is 19.8 Å². The molecular weight excluding hydrogens is 340 g/mol. The highest BCUT2D eigenvalue weighted by atomic mass is 16.5. The van der Waals surface area contributed by atoms with Gasteiger partial charge in [-0.15, -0.1) is 0 Å². The number of guanidine groups is 1. The number of hydrogen-bond acceptors (Lipinski definition) is 4. The van der Waals surface area contributed by atoms with Crippen LogP contribution in [0.15, 0.2) is 23.2 Å². The standard InChI is InChI=1S/C21H38N4O2/c1-6-25(7-2)13-8-12-23-21(22-4)24-17-19-11-10-18(3)16-20(19)27-15-9-14-26-5/h10-11,16H,6-9,12-15,17H2,1-5H3,(H2,22,23,24). The summed E-state index contributed by atoms with van der Waals surface area (Å²) in [6.45, 7) is 12.7. The van der Waals surface area contributed by atoms with Gasteiger partial charge in [0.15, 0.2) is 5.96 Å². The molecule has 0 saturated carbocycles. The maximum atomic E-state index is 5.95. The molecule has 0 radical (unpaired) electrons. The molecule has 0 heterocycles. The molecule has 6 heteroatoms. The second-order valence-corrected chi connectivity index (χ2v) is 6.54. The maximum absolute atomic E-state index is 5.95. The minimum atomic E-state index is 0.655. The molecule has 6 nitrogen and oxygen atoms in total. The van der Waals surface area contributed by atoms with Crippen LogP contribution in [0.1, 0.15) is 37.8 Å². The van der Waals surface area contributed by atoms with Crippen molar-refractivity contribution < 1.29 is 9.47 Å². The normalized spacial score (nSPS) is 11.7. The molecule has 0 atom stereocenters. The van der Waals surface area contributed by atoms with Gasteiger partial charge < -0.3 is 25.0 Å². The summed E-state index contributed by atoms with van der Waals surface area (Å²) >= 11 is 0. The lowest BCUT2D eigenvalue weighted by Gasteiger charge is -2.19. The Morgan fingerprint density at radius 2 is 1.89 bits per heavy atom. The number of aliphatic imine (C=N–C) groups is 1. The van der Waals surface area contributed by atoms with E-state index in [1.54, 1.807) is 14.2 Å². The number of aryl methyl sites for hydroxylation is 1. The Bertz CT molecular complexity index is 545. The van der Waals surface area contributed by atoms with Crippen LogP contribution in [0.2, 0.25) is 0 Å². The second kappa shape index (κ2) is 14.3. The Hall–Kier alpha value is -1.79. The van der Waals surface area contributed by atoms with Crippen LogP contribution in [0, 0.1) is 6.92 Å². The zero-order valence-electron chi connectivity index (χ0n) is 17.8. The monoisotopic (exact) mass is 378 g/mol. The van der Waals surface area contributed by atoms with Gasteiger partial charge in [0.2, 0.25) is 0 Å². The minimum absolute atomic E-state index is 0.655. The smallest absolute Gasteiger partial charge is 0.191 e. The summed E-state index contributed by atoms with van der Waals surface area (Å²) in [7, 11) is 3.51. The van der Waals surface area contributed by atoms with Crippen molar-refractivity contribution in [1.29, 1.82) is 0 Å². The van der Waals surface area contributed by atoms with E-state index in [0.717, 1.165) is 56.3 Å². The lowest BCUT2D eigenvalue weighted by Crippen LogP contribution is -2.38. The third-order valence-electron chi connectivity index (χ3n) is 4.48. The van der Waals surface area contributed by atoms with Crippen molar-refractivity contribution in [2.45, 2.75) is 40.2 Å². The molecule has 1 aromatic carbocycles. The van der Waals surface area contributed by atoms with Gasteiger partial charge in [0.25, 0.3) is 0 Å². The van der Waals surface area contributed by atoms with Crippen molar-refractivity contribution in [2.75, 3.05) is 53.6 Å². The lowest BCUT2D eigenvalue weighted by atomic mass is 10.1. The van der Waals surface area contributed by atoms with Gasteiger partial charge in [-0.05, 0) is 44.6 Å². The summed E-state index contributed by atoms with van der Waals surface area (Å²) in [6, 6.07) is 6.31. The Balaban J connectivity index is 2.47. The highest BCUT2D eigenvalue weighted by molar-refractivity contribution is 5.79. The summed E-state index contributed by atoms with van der Waals surface area (Å²) < 4.78 is 11.0. The average molecular weight is 379 g/mol. The number of methoxy groups -OCH3 is 1. The summed E-state index contributed by atoms with van der Waals surface area (Å²) in [5.41, 5.74) is 2.32. The third-order valence-corrected chi connectivity index (χ3v) is 4.48. The largest absolute Gasteiger partial charge is 0.493 e. The number of rotatable bonds is 13. The number of ether oxygens (including phenoxy) is 2. The molecule has 0 aliphatic carbocycles. The van der Waals surface area contributed by atoms with Crippen molar-refractivity contribution >= 4 is 5.96 Å². The van der Waals surface area contributed by atoms with Crippen LogP contribution >= 0.6 is 0 Å². The summed E-state index contributed by atoms with van der Waals surface area (Å²) in [6.07, 6.45) is 1.98. The van der Waals surface area contributed by atoms with E-state index < -0.39 is 0 Å². The Labute approximate surface area is 165 Å². The van der Waals surface area contributed by atoms with Gasteiger partial charge in [-0.3, -0.25) is 4.99 Å². The Kier molecular flexibility index (Phi) is 12.3. The van der Waals surface area contributed by atoms with Gasteiger partial charge in [-0.2, -0.15) is 0 Å². The first kappa shape index (κ1) is 23.2. The number of hydrogen-bond donors (Lipinski definition) is 2. The molecule has 0 unspecified atom stereocenters. The van der Waals surface area contributed by atoms with Gasteiger partial charge in [-0.1, -0.05) is 26.0 Å². The summed E-state index contributed by atoms with van der Waals surface area (Å²) in [4.78, 5) is 6.75. The van der Waals surface area contributed by atoms with Crippen molar-refractivity contribution in [1.82, 2.24) is 15.5 Å². The molecule has 27 heavy (non-hydrogen) atoms. The van der Waals surface area contributed by atoms with E-state index in [9.17, 15) is 0 Å². The molecule has 0 saturated heterocycles. The first-order chi connectivity index (χ1) is 13.1. The van der Waals surface area contributed by atoms with Crippen molar-refractivity contribution in [2.24, 2.45) is 4.99 Å². The molecule has 2 N–H and O–H groups in total.